The van der Waals surface area contributed by atoms with Gasteiger partial charge in [0.15, 0.2) is 11.3 Å². The summed E-state index contributed by atoms with van der Waals surface area (Å²) in [7, 11) is 0. The largest absolute Gasteiger partial charge is 0.573 e. The summed E-state index contributed by atoms with van der Waals surface area (Å²) in [5.41, 5.74) is 0.707. The molecular formula is C11H7BrF3NO4S. The number of hydrogen-bond acceptors (Lipinski definition) is 5. The number of aromatic nitrogens is 1. The van der Waals surface area contributed by atoms with Crippen LogP contribution in [0.3, 0.4) is 0 Å². The second-order valence-electron chi connectivity index (χ2n) is 3.55. The molecule has 0 aliphatic carbocycles. The number of alkyl halides is 3. The van der Waals surface area contributed by atoms with Gasteiger partial charge >= 0.3 is 12.5 Å². The Kier molecular flexibility index (Phi) is 5.70. The van der Waals surface area contributed by atoms with Gasteiger partial charge in [-0.25, -0.2) is 0 Å². The molecule has 0 spiro atoms. The Morgan fingerprint density at radius 3 is 2.52 bits per heavy atom. The van der Waals surface area contributed by atoms with E-state index in [2.05, 4.69) is 25.7 Å². The van der Waals surface area contributed by atoms with E-state index in [-0.39, 0.29) is 27.8 Å². The van der Waals surface area contributed by atoms with E-state index in [1.807, 2.05) is 0 Å². The Bertz CT molecular complexity index is 731. The molecule has 1 N–H and O–H groups in total. The van der Waals surface area contributed by atoms with E-state index in [1.165, 1.54) is 6.07 Å². The van der Waals surface area contributed by atoms with Crippen molar-refractivity contribution in [1.82, 2.24) is 4.98 Å². The molecule has 0 bridgehead atoms. The zero-order chi connectivity index (χ0) is 16.2. The van der Waals surface area contributed by atoms with Crippen molar-refractivity contribution in [1.29, 1.82) is 0 Å². The van der Waals surface area contributed by atoms with Gasteiger partial charge in [0.1, 0.15) is 5.52 Å². The number of oxazole rings is 1. The third kappa shape index (κ3) is 4.42. The van der Waals surface area contributed by atoms with Gasteiger partial charge in [-0.3, -0.25) is 0 Å². The Morgan fingerprint density at radius 1 is 1.48 bits per heavy atom. The van der Waals surface area contributed by atoms with Crippen LogP contribution in [0, 0.1) is 4.84 Å². The van der Waals surface area contributed by atoms with Gasteiger partial charge in [0.2, 0.25) is 0 Å². The van der Waals surface area contributed by atoms with Crippen molar-refractivity contribution in [3.05, 3.63) is 20.9 Å². The lowest BCUT2D eigenvalue weighted by atomic mass is 10.1. The molecule has 0 aliphatic rings. The van der Waals surface area contributed by atoms with Crippen LogP contribution in [0.25, 0.3) is 11.1 Å². The minimum atomic E-state index is -4.77. The van der Waals surface area contributed by atoms with Gasteiger partial charge in [-0.15, -0.1) is 13.2 Å². The Hall–Kier alpha value is -1.64. The maximum Gasteiger partial charge on any atom is 0.573 e. The zero-order valence-electron chi connectivity index (χ0n) is 10.3. The van der Waals surface area contributed by atoms with Gasteiger partial charge in [0, 0.05) is 0 Å². The number of halogens is 4. The van der Waals surface area contributed by atoms with E-state index in [0.29, 0.717) is 16.5 Å². The maximum atomic E-state index is 12.4. The molecule has 114 valence electrons. The van der Waals surface area contributed by atoms with E-state index in [1.54, 1.807) is 6.92 Å². The highest BCUT2D eigenvalue weighted by atomic mass is 79.9. The van der Waals surface area contributed by atoms with E-state index in [0.717, 1.165) is 0 Å². The number of fused-ring (bicyclic) bond motifs is 1. The van der Waals surface area contributed by atoms with Crippen molar-refractivity contribution in [2.75, 3.05) is 0 Å². The maximum absolute atomic E-state index is 12.4. The van der Waals surface area contributed by atoms with Crippen LogP contribution in [0.15, 0.2) is 15.0 Å². The molecule has 0 amide bonds. The molecule has 2 rings (SSSR count). The highest BCUT2D eigenvalue weighted by Gasteiger charge is 2.33. The number of hydrogen-bond donors (Lipinski definition) is 1. The summed E-state index contributed by atoms with van der Waals surface area (Å²) in [5.74, 6) is -0.303. The molecular weight excluding hydrogens is 379 g/mol. The monoisotopic (exact) mass is 385 g/mol. The number of H-pyrrole nitrogens is 1. The van der Waals surface area contributed by atoms with Crippen LogP contribution in [0.2, 0.25) is 0 Å². The lowest BCUT2D eigenvalue weighted by Gasteiger charge is -2.13. The smallest absolute Gasteiger partial charge is 0.428 e. The number of aromatic amines is 1. The summed E-state index contributed by atoms with van der Waals surface area (Å²) in [5, 5.41) is 0. The van der Waals surface area contributed by atoms with Crippen molar-refractivity contribution in [3.8, 4) is 5.75 Å². The van der Waals surface area contributed by atoms with Crippen LogP contribution in [-0.4, -0.2) is 17.5 Å². The number of aryl methyl sites for hydroxylation is 1. The van der Waals surface area contributed by atoms with E-state index < -0.39 is 6.36 Å². The van der Waals surface area contributed by atoms with Gasteiger partial charge in [-0.05, 0) is 46.2 Å². The summed E-state index contributed by atoms with van der Waals surface area (Å²) in [6, 6.07) is 1.52. The molecule has 1 heterocycles. The third-order valence-electron chi connectivity index (χ3n) is 2.28. The summed E-state index contributed by atoms with van der Waals surface area (Å²) in [4.78, 5) is 18.8. The predicted molar refractivity (Wildman–Crippen MR) is 70.2 cm³/mol. The molecule has 10 heteroatoms. The van der Waals surface area contributed by atoms with Crippen molar-refractivity contribution in [2.45, 2.75) is 19.7 Å². The van der Waals surface area contributed by atoms with Crippen LogP contribution in [0.5, 0.6) is 5.75 Å². The molecule has 0 saturated carbocycles. The molecule has 1 aromatic carbocycles. The fourth-order valence-electron chi connectivity index (χ4n) is 1.60. The molecule has 21 heavy (non-hydrogen) atoms. The molecule has 0 fully saturated rings. The fourth-order valence-corrected chi connectivity index (χ4v) is 2.34. The average Bonchev–Trinajstić information content (AvgIpc) is 2.74. The molecule has 0 aliphatic heterocycles. The first-order valence-electron chi connectivity index (χ1n) is 5.32. The van der Waals surface area contributed by atoms with Crippen molar-refractivity contribution in [3.63, 3.8) is 0 Å². The fraction of sp³-hybridized carbons (Fsp3) is 0.273. The SMILES string of the molecule is CCc1cc(Br)c2oc(=S)[nH]c2c1OC(F)(F)F.O=C=O. The average molecular weight is 386 g/mol. The number of carbonyl (C=O) groups excluding carboxylic acids is 2. The van der Waals surface area contributed by atoms with Crippen LogP contribution in [-0.2, 0) is 16.0 Å². The lowest BCUT2D eigenvalue weighted by Crippen LogP contribution is -2.18. The Labute approximate surface area is 129 Å². The standard InChI is InChI=1S/C10H7BrF3NO2S.CO2/c1-2-4-3-5(11)8-6(15-9(18)16-8)7(4)17-10(12,13)14;2-1-3/h3H,2H2,1H3,(H,15,18);. The Balaban J connectivity index is 0.000000677. The summed E-state index contributed by atoms with van der Waals surface area (Å²) < 4.78 is 46.9. The van der Waals surface area contributed by atoms with E-state index >= 15 is 0 Å². The molecule has 5 nitrogen and oxygen atoms in total. The van der Waals surface area contributed by atoms with Crippen LogP contribution >= 0.6 is 28.1 Å². The van der Waals surface area contributed by atoms with Gasteiger partial charge in [0.25, 0.3) is 4.84 Å². The van der Waals surface area contributed by atoms with Gasteiger partial charge < -0.3 is 14.1 Å². The second kappa shape index (κ2) is 6.88. The quantitative estimate of drug-likeness (QED) is 0.786. The minimum Gasteiger partial charge on any atom is -0.428 e. The van der Waals surface area contributed by atoms with Gasteiger partial charge in [-0.1, -0.05) is 6.92 Å². The molecule has 1 aromatic heterocycles. The molecule has 0 unspecified atom stereocenters. The first-order valence-corrected chi connectivity index (χ1v) is 6.52. The van der Waals surface area contributed by atoms with E-state index in [4.69, 9.17) is 26.2 Å². The molecule has 2 aromatic rings. The summed E-state index contributed by atoms with van der Waals surface area (Å²) in [6.45, 7) is 1.73. The number of benzene rings is 1. The summed E-state index contributed by atoms with van der Waals surface area (Å²) in [6.07, 6.45) is -4.14. The van der Waals surface area contributed by atoms with Crippen LogP contribution in [0.4, 0.5) is 13.2 Å². The van der Waals surface area contributed by atoms with E-state index in [9.17, 15) is 13.2 Å². The number of nitrogens with one attached hydrogen (secondary N) is 1. The predicted octanol–water partition coefficient (Wildman–Crippen LogP) is 4.13. The third-order valence-corrected chi connectivity index (χ3v) is 3.06. The number of rotatable bonds is 2. The first kappa shape index (κ1) is 17.4. The Morgan fingerprint density at radius 2 is 2.05 bits per heavy atom. The second-order valence-corrected chi connectivity index (χ2v) is 4.78. The van der Waals surface area contributed by atoms with Gasteiger partial charge in [-0.2, -0.15) is 9.59 Å². The van der Waals surface area contributed by atoms with Crippen molar-refractivity contribution in [2.24, 2.45) is 0 Å². The normalized spacial score (nSPS) is 10.7. The van der Waals surface area contributed by atoms with Crippen molar-refractivity contribution >= 4 is 45.4 Å². The molecule has 0 saturated heterocycles. The number of ether oxygens (including phenoxy) is 1. The first-order chi connectivity index (χ1) is 9.73. The topological polar surface area (TPSA) is 72.3 Å². The molecule has 0 radical (unpaired) electrons. The minimum absolute atomic E-state index is 0.00835. The van der Waals surface area contributed by atoms with Crippen LogP contribution < -0.4 is 4.74 Å². The van der Waals surface area contributed by atoms with Crippen LogP contribution in [0.1, 0.15) is 12.5 Å². The zero-order valence-corrected chi connectivity index (χ0v) is 12.7. The summed E-state index contributed by atoms with van der Waals surface area (Å²) >= 11 is 7.99. The lowest BCUT2D eigenvalue weighted by molar-refractivity contribution is -0.274. The van der Waals surface area contributed by atoms with Gasteiger partial charge in [0.05, 0.1) is 4.47 Å². The van der Waals surface area contributed by atoms with Crippen molar-refractivity contribution < 1.29 is 31.9 Å². The highest BCUT2D eigenvalue weighted by molar-refractivity contribution is 9.10. The molecule has 0 atom stereocenters. The highest BCUT2D eigenvalue weighted by Crippen LogP contribution is 2.37.